The molecule has 0 aliphatic carbocycles. The summed E-state index contributed by atoms with van der Waals surface area (Å²) in [5, 5.41) is 8.97. The fourth-order valence-electron chi connectivity index (χ4n) is 1.61. The first-order valence-corrected chi connectivity index (χ1v) is 5.91. The van der Waals surface area contributed by atoms with Crippen molar-refractivity contribution in [3.05, 3.63) is 22.4 Å². The van der Waals surface area contributed by atoms with Crippen molar-refractivity contribution < 1.29 is 13.6 Å². The van der Waals surface area contributed by atoms with E-state index in [4.69, 9.17) is 0 Å². The van der Waals surface area contributed by atoms with E-state index in [1.54, 1.807) is 0 Å². The van der Waals surface area contributed by atoms with Crippen molar-refractivity contribution in [1.82, 2.24) is 10.6 Å². The zero-order valence-electron chi connectivity index (χ0n) is 8.50. The Kier molecular flexibility index (Phi) is 3.20. The molecule has 2 heterocycles. The third-order valence-electron chi connectivity index (χ3n) is 2.47. The lowest BCUT2D eigenvalue weighted by atomic mass is 10.2. The Bertz CT molecular complexity index is 367. The molecule has 6 heteroatoms. The summed E-state index contributed by atoms with van der Waals surface area (Å²) in [7, 11) is 0. The molecule has 1 saturated heterocycles. The van der Waals surface area contributed by atoms with E-state index < -0.39 is 24.9 Å². The van der Waals surface area contributed by atoms with Crippen molar-refractivity contribution in [1.29, 1.82) is 0 Å². The molecule has 0 aromatic carbocycles. The van der Waals surface area contributed by atoms with Gasteiger partial charge in [0.15, 0.2) is 0 Å². The molecule has 1 aliphatic rings. The van der Waals surface area contributed by atoms with Crippen LogP contribution in [0.3, 0.4) is 0 Å². The number of hydrogen-bond donors (Lipinski definition) is 2. The number of amides is 1. The highest BCUT2D eigenvalue weighted by molar-refractivity contribution is 7.07. The molecule has 1 aliphatic heterocycles. The van der Waals surface area contributed by atoms with Crippen LogP contribution in [0.25, 0.3) is 0 Å². The van der Waals surface area contributed by atoms with Gasteiger partial charge in [-0.15, -0.1) is 0 Å². The van der Waals surface area contributed by atoms with E-state index in [2.05, 4.69) is 10.6 Å². The van der Waals surface area contributed by atoms with Crippen LogP contribution in [0.5, 0.6) is 0 Å². The summed E-state index contributed by atoms with van der Waals surface area (Å²) in [6, 6.07) is 1.12. The Morgan fingerprint density at radius 2 is 2.50 bits per heavy atom. The smallest absolute Gasteiger partial charge is 0.262 e. The summed E-state index contributed by atoms with van der Waals surface area (Å²) in [5.74, 6) is -3.12. The molecular formula is C10H12F2N2OS. The molecule has 1 amide bonds. The molecule has 88 valence electrons. The van der Waals surface area contributed by atoms with Gasteiger partial charge in [0.25, 0.3) is 5.92 Å². The maximum absolute atomic E-state index is 12.8. The van der Waals surface area contributed by atoms with E-state index in [-0.39, 0.29) is 5.91 Å². The molecule has 1 atom stereocenters. The van der Waals surface area contributed by atoms with Crippen LogP contribution >= 0.6 is 11.3 Å². The highest BCUT2D eigenvalue weighted by Crippen LogP contribution is 2.25. The summed E-state index contributed by atoms with van der Waals surface area (Å²) in [6.07, 6.45) is -0.414. The number of thiophene rings is 1. The van der Waals surface area contributed by atoms with Crippen molar-refractivity contribution in [2.75, 3.05) is 6.54 Å². The van der Waals surface area contributed by atoms with E-state index in [1.165, 1.54) is 11.3 Å². The van der Waals surface area contributed by atoms with Crippen molar-refractivity contribution in [2.45, 2.75) is 24.9 Å². The van der Waals surface area contributed by atoms with Crippen LogP contribution < -0.4 is 10.6 Å². The molecule has 3 nitrogen and oxygen atoms in total. The highest BCUT2D eigenvalue weighted by atomic mass is 32.1. The minimum Gasteiger partial charge on any atom is -0.351 e. The molecular weight excluding hydrogens is 234 g/mol. The number of nitrogens with one attached hydrogen (secondary N) is 2. The molecule has 0 spiro atoms. The van der Waals surface area contributed by atoms with Gasteiger partial charge in [-0.05, 0) is 22.4 Å². The van der Waals surface area contributed by atoms with Gasteiger partial charge in [0.2, 0.25) is 5.91 Å². The van der Waals surface area contributed by atoms with Gasteiger partial charge in [0, 0.05) is 13.0 Å². The van der Waals surface area contributed by atoms with E-state index >= 15 is 0 Å². The molecule has 16 heavy (non-hydrogen) atoms. The van der Waals surface area contributed by atoms with Crippen LogP contribution in [0.15, 0.2) is 16.8 Å². The molecule has 2 N–H and O–H groups in total. The number of hydrogen-bond acceptors (Lipinski definition) is 3. The van der Waals surface area contributed by atoms with E-state index in [0.29, 0.717) is 6.54 Å². The fourth-order valence-corrected chi connectivity index (χ4v) is 2.28. The van der Waals surface area contributed by atoms with Gasteiger partial charge in [0.1, 0.15) is 0 Å². The first-order valence-electron chi connectivity index (χ1n) is 4.97. The predicted molar refractivity (Wildman–Crippen MR) is 57.5 cm³/mol. The first-order chi connectivity index (χ1) is 7.57. The third kappa shape index (κ3) is 2.76. The van der Waals surface area contributed by atoms with Gasteiger partial charge < -0.3 is 5.32 Å². The molecule has 1 aromatic heterocycles. The Morgan fingerprint density at radius 1 is 1.69 bits per heavy atom. The summed E-state index contributed by atoms with van der Waals surface area (Å²) in [5.41, 5.74) is 0.989. The summed E-state index contributed by atoms with van der Waals surface area (Å²) in [6.45, 7) is -0.0182. The van der Waals surface area contributed by atoms with Gasteiger partial charge in [-0.1, -0.05) is 0 Å². The average molecular weight is 246 g/mol. The molecule has 2 rings (SSSR count). The SMILES string of the molecule is O=C(NCc1ccsc1)C1CC(F)(F)CN1. The third-order valence-corrected chi connectivity index (χ3v) is 3.21. The molecule has 0 radical (unpaired) electrons. The molecule has 1 fully saturated rings. The molecule has 1 unspecified atom stereocenters. The Morgan fingerprint density at radius 3 is 3.06 bits per heavy atom. The summed E-state index contributed by atoms with van der Waals surface area (Å²) < 4.78 is 25.7. The fraction of sp³-hybridized carbons (Fsp3) is 0.500. The van der Waals surface area contributed by atoms with Crippen LogP contribution in [0.4, 0.5) is 8.78 Å². The Labute approximate surface area is 95.8 Å². The molecule has 1 aromatic rings. The zero-order valence-corrected chi connectivity index (χ0v) is 9.32. The number of alkyl halides is 2. The lowest BCUT2D eigenvalue weighted by molar-refractivity contribution is -0.123. The largest absolute Gasteiger partial charge is 0.351 e. The first kappa shape index (κ1) is 11.5. The van der Waals surface area contributed by atoms with Crippen LogP contribution in [-0.2, 0) is 11.3 Å². The Balaban J connectivity index is 1.81. The van der Waals surface area contributed by atoms with Crippen LogP contribution in [0, 0.1) is 0 Å². The average Bonchev–Trinajstić information content (AvgIpc) is 2.83. The summed E-state index contributed by atoms with van der Waals surface area (Å²) >= 11 is 1.54. The second-order valence-electron chi connectivity index (χ2n) is 3.84. The predicted octanol–water partition coefficient (Wildman–Crippen LogP) is 1.36. The number of carbonyl (C=O) groups is 1. The van der Waals surface area contributed by atoms with Gasteiger partial charge in [0.05, 0.1) is 12.6 Å². The monoisotopic (exact) mass is 246 g/mol. The van der Waals surface area contributed by atoms with Crippen LogP contribution in [0.1, 0.15) is 12.0 Å². The van der Waals surface area contributed by atoms with E-state index in [9.17, 15) is 13.6 Å². The number of halogens is 2. The molecule has 0 saturated carbocycles. The van der Waals surface area contributed by atoms with E-state index in [0.717, 1.165) is 5.56 Å². The van der Waals surface area contributed by atoms with Crippen LogP contribution in [0.2, 0.25) is 0 Å². The second-order valence-corrected chi connectivity index (χ2v) is 4.62. The maximum atomic E-state index is 12.8. The van der Waals surface area contributed by atoms with Gasteiger partial charge >= 0.3 is 0 Å². The number of carbonyl (C=O) groups excluding carboxylic acids is 1. The number of rotatable bonds is 3. The van der Waals surface area contributed by atoms with Gasteiger partial charge in [-0.25, -0.2) is 8.78 Å². The van der Waals surface area contributed by atoms with Gasteiger partial charge in [-0.3, -0.25) is 10.1 Å². The minimum absolute atomic E-state index is 0.358. The van der Waals surface area contributed by atoms with Crippen molar-refractivity contribution in [2.24, 2.45) is 0 Å². The van der Waals surface area contributed by atoms with E-state index in [1.807, 2.05) is 16.8 Å². The second kappa shape index (κ2) is 4.47. The lowest BCUT2D eigenvalue weighted by Gasteiger charge is -2.10. The quantitative estimate of drug-likeness (QED) is 0.845. The van der Waals surface area contributed by atoms with Crippen molar-refractivity contribution in [3.63, 3.8) is 0 Å². The topological polar surface area (TPSA) is 41.1 Å². The van der Waals surface area contributed by atoms with Crippen molar-refractivity contribution in [3.8, 4) is 0 Å². The Hall–Kier alpha value is -1.01. The zero-order chi connectivity index (χ0) is 11.6. The summed E-state index contributed by atoms with van der Waals surface area (Å²) in [4.78, 5) is 11.5. The van der Waals surface area contributed by atoms with Crippen molar-refractivity contribution >= 4 is 17.2 Å². The molecule has 0 bridgehead atoms. The van der Waals surface area contributed by atoms with Crippen LogP contribution in [-0.4, -0.2) is 24.4 Å². The minimum atomic E-state index is -2.76. The lowest BCUT2D eigenvalue weighted by Crippen LogP contribution is -2.39. The normalized spacial score (nSPS) is 23.2. The maximum Gasteiger partial charge on any atom is 0.262 e. The van der Waals surface area contributed by atoms with Gasteiger partial charge in [-0.2, -0.15) is 11.3 Å². The highest BCUT2D eigenvalue weighted by Gasteiger charge is 2.42. The standard InChI is InChI=1S/C10H12F2N2OS/c11-10(12)3-8(14-6-10)9(15)13-4-7-1-2-16-5-7/h1-2,5,8,14H,3-4,6H2,(H,13,15).